The maximum Gasteiger partial charge on any atom is 0.00419 e. The molecule has 1 atom stereocenters. The van der Waals surface area contributed by atoms with Gasteiger partial charge in [0.1, 0.15) is 0 Å². The molecule has 0 spiro atoms. The molecule has 0 saturated carbocycles. The molecule has 120 valence electrons. The summed E-state index contributed by atoms with van der Waals surface area (Å²) in [6.45, 7) is 4.43. The molecule has 1 unspecified atom stereocenters. The van der Waals surface area contributed by atoms with Gasteiger partial charge >= 0.3 is 0 Å². The zero-order valence-corrected chi connectivity index (χ0v) is 14.2. The molecule has 21 heavy (non-hydrogen) atoms. The van der Waals surface area contributed by atoms with E-state index in [0.29, 0.717) is 6.04 Å². The third-order valence-electron chi connectivity index (χ3n) is 4.31. The Morgan fingerprint density at radius 2 is 1.57 bits per heavy atom. The summed E-state index contributed by atoms with van der Waals surface area (Å²) < 4.78 is 0. The van der Waals surface area contributed by atoms with Crippen molar-refractivity contribution in [2.75, 3.05) is 0 Å². The third-order valence-corrected chi connectivity index (χ3v) is 4.31. The van der Waals surface area contributed by atoms with Crippen LogP contribution in [0.5, 0.6) is 0 Å². The Labute approximate surface area is 132 Å². The molecule has 0 aliphatic rings. The monoisotopic (exact) mass is 289 g/mol. The minimum absolute atomic E-state index is 0.380. The zero-order valence-electron chi connectivity index (χ0n) is 14.2. The first-order chi connectivity index (χ1) is 10.2. The topological polar surface area (TPSA) is 26.0 Å². The number of aryl methyl sites for hydroxylation is 2. The van der Waals surface area contributed by atoms with Crippen LogP contribution < -0.4 is 5.73 Å². The van der Waals surface area contributed by atoms with Crippen molar-refractivity contribution in [2.24, 2.45) is 5.73 Å². The number of hydrogen-bond donors (Lipinski definition) is 1. The molecule has 1 rings (SSSR count). The lowest BCUT2D eigenvalue weighted by Crippen LogP contribution is -2.20. The van der Waals surface area contributed by atoms with Gasteiger partial charge in [0.15, 0.2) is 0 Å². The molecule has 0 saturated heterocycles. The predicted molar refractivity (Wildman–Crippen MR) is 94.7 cm³/mol. The molecule has 0 heterocycles. The van der Waals surface area contributed by atoms with E-state index in [-0.39, 0.29) is 0 Å². The van der Waals surface area contributed by atoms with E-state index in [1.54, 1.807) is 0 Å². The summed E-state index contributed by atoms with van der Waals surface area (Å²) in [4.78, 5) is 0. The van der Waals surface area contributed by atoms with E-state index in [4.69, 9.17) is 5.73 Å². The van der Waals surface area contributed by atoms with Gasteiger partial charge in [-0.2, -0.15) is 0 Å². The fourth-order valence-corrected chi connectivity index (χ4v) is 2.90. The zero-order chi connectivity index (χ0) is 15.3. The maximum absolute atomic E-state index is 6.24. The summed E-state index contributed by atoms with van der Waals surface area (Å²) in [5, 5.41) is 0. The van der Waals surface area contributed by atoms with Gasteiger partial charge in [-0.15, -0.1) is 0 Å². The average Bonchev–Trinajstić information content (AvgIpc) is 2.48. The minimum Gasteiger partial charge on any atom is -0.328 e. The summed E-state index contributed by atoms with van der Waals surface area (Å²) in [6.07, 6.45) is 14.5. The summed E-state index contributed by atoms with van der Waals surface area (Å²) in [7, 11) is 0. The van der Waals surface area contributed by atoms with Gasteiger partial charge < -0.3 is 5.73 Å². The first-order valence-electron chi connectivity index (χ1n) is 9.03. The fourth-order valence-electron chi connectivity index (χ4n) is 2.90. The normalized spacial score (nSPS) is 12.5. The molecule has 0 radical (unpaired) electrons. The van der Waals surface area contributed by atoms with Crippen molar-refractivity contribution < 1.29 is 0 Å². The second kappa shape index (κ2) is 11.8. The number of nitrogens with two attached hydrogens (primary N) is 1. The summed E-state index contributed by atoms with van der Waals surface area (Å²) in [5.41, 5.74) is 9.02. The molecule has 0 amide bonds. The average molecular weight is 290 g/mol. The van der Waals surface area contributed by atoms with Crippen LogP contribution in [0.25, 0.3) is 0 Å². The Morgan fingerprint density at radius 3 is 2.24 bits per heavy atom. The molecule has 0 aliphatic heterocycles. The van der Waals surface area contributed by atoms with Crippen LogP contribution in [0.2, 0.25) is 0 Å². The van der Waals surface area contributed by atoms with Crippen LogP contribution in [0, 0.1) is 6.92 Å². The summed E-state index contributed by atoms with van der Waals surface area (Å²) >= 11 is 0. The number of benzene rings is 1. The van der Waals surface area contributed by atoms with Gasteiger partial charge in [0.05, 0.1) is 0 Å². The smallest absolute Gasteiger partial charge is 0.00419 e. The van der Waals surface area contributed by atoms with Crippen LogP contribution in [-0.2, 0) is 6.42 Å². The third kappa shape index (κ3) is 9.68. The molecular formula is C20H35N. The molecular weight excluding hydrogens is 254 g/mol. The van der Waals surface area contributed by atoms with Gasteiger partial charge in [0.25, 0.3) is 0 Å². The van der Waals surface area contributed by atoms with Crippen molar-refractivity contribution in [2.45, 2.75) is 90.5 Å². The van der Waals surface area contributed by atoms with Crippen LogP contribution >= 0.6 is 0 Å². The van der Waals surface area contributed by atoms with Crippen molar-refractivity contribution in [3.05, 3.63) is 35.4 Å². The number of hydrogen-bond acceptors (Lipinski definition) is 1. The first-order valence-corrected chi connectivity index (χ1v) is 9.03. The quantitative estimate of drug-likeness (QED) is 0.484. The first kappa shape index (κ1) is 18.2. The van der Waals surface area contributed by atoms with E-state index in [0.717, 1.165) is 12.8 Å². The van der Waals surface area contributed by atoms with Gasteiger partial charge in [-0.05, 0) is 31.7 Å². The Kier molecular flexibility index (Phi) is 10.2. The molecule has 0 aliphatic carbocycles. The van der Waals surface area contributed by atoms with E-state index in [2.05, 4.69) is 38.1 Å². The lowest BCUT2D eigenvalue weighted by molar-refractivity contribution is 0.508. The van der Waals surface area contributed by atoms with Crippen LogP contribution in [0.1, 0.15) is 82.3 Å². The Hall–Kier alpha value is -0.820. The van der Waals surface area contributed by atoms with Crippen molar-refractivity contribution in [3.63, 3.8) is 0 Å². The summed E-state index contributed by atoms with van der Waals surface area (Å²) in [5.74, 6) is 0. The Balaban J connectivity index is 1.97. The van der Waals surface area contributed by atoms with Crippen molar-refractivity contribution in [1.82, 2.24) is 0 Å². The van der Waals surface area contributed by atoms with E-state index < -0.39 is 0 Å². The van der Waals surface area contributed by atoms with Crippen molar-refractivity contribution in [1.29, 1.82) is 0 Å². The highest BCUT2D eigenvalue weighted by atomic mass is 14.6. The minimum atomic E-state index is 0.380. The van der Waals surface area contributed by atoms with Crippen LogP contribution in [0.15, 0.2) is 24.3 Å². The van der Waals surface area contributed by atoms with Crippen LogP contribution in [-0.4, -0.2) is 6.04 Å². The van der Waals surface area contributed by atoms with E-state index in [9.17, 15) is 0 Å². The van der Waals surface area contributed by atoms with Crippen LogP contribution in [0.4, 0.5) is 0 Å². The van der Waals surface area contributed by atoms with Gasteiger partial charge in [-0.1, -0.05) is 88.1 Å². The van der Waals surface area contributed by atoms with Crippen molar-refractivity contribution >= 4 is 0 Å². The van der Waals surface area contributed by atoms with Gasteiger partial charge in [-0.25, -0.2) is 0 Å². The second-order valence-corrected chi connectivity index (χ2v) is 6.55. The number of rotatable bonds is 12. The van der Waals surface area contributed by atoms with E-state index in [1.807, 2.05) is 0 Å². The SMILES string of the molecule is CCCCCCCCCCC(N)CCc1cccc(C)c1. The molecule has 0 bridgehead atoms. The molecule has 2 N–H and O–H groups in total. The van der Waals surface area contributed by atoms with E-state index in [1.165, 1.54) is 68.9 Å². The molecule has 1 aromatic rings. The highest BCUT2D eigenvalue weighted by Crippen LogP contribution is 2.13. The lowest BCUT2D eigenvalue weighted by atomic mass is 9.99. The molecule has 1 heteroatoms. The van der Waals surface area contributed by atoms with Gasteiger partial charge in [-0.3, -0.25) is 0 Å². The van der Waals surface area contributed by atoms with Gasteiger partial charge in [0.2, 0.25) is 0 Å². The lowest BCUT2D eigenvalue weighted by Gasteiger charge is -2.11. The Bertz CT molecular complexity index is 359. The number of unbranched alkanes of at least 4 members (excludes halogenated alkanes) is 7. The largest absolute Gasteiger partial charge is 0.328 e. The molecule has 1 aromatic carbocycles. The summed E-state index contributed by atoms with van der Waals surface area (Å²) in [6, 6.07) is 9.18. The van der Waals surface area contributed by atoms with E-state index >= 15 is 0 Å². The second-order valence-electron chi connectivity index (χ2n) is 6.55. The highest BCUT2D eigenvalue weighted by molar-refractivity contribution is 5.22. The molecule has 0 fully saturated rings. The van der Waals surface area contributed by atoms with Crippen LogP contribution in [0.3, 0.4) is 0 Å². The molecule has 1 nitrogen and oxygen atoms in total. The fraction of sp³-hybridized carbons (Fsp3) is 0.700. The molecule has 0 aromatic heterocycles. The maximum atomic E-state index is 6.24. The van der Waals surface area contributed by atoms with Crippen molar-refractivity contribution in [3.8, 4) is 0 Å². The standard InChI is InChI=1S/C20H35N/c1-3-4-5-6-7-8-9-10-14-20(21)16-15-19-13-11-12-18(2)17-19/h11-13,17,20H,3-10,14-16,21H2,1-2H3. The Morgan fingerprint density at radius 1 is 0.905 bits per heavy atom. The predicted octanol–water partition coefficient (Wildman–Crippen LogP) is 5.79. The highest BCUT2D eigenvalue weighted by Gasteiger charge is 2.03. The van der Waals surface area contributed by atoms with Gasteiger partial charge in [0, 0.05) is 6.04 Å².